The van der Waals surface area contributed by atoms with Gasteiger partial charge in [-0.3, -0.25) is 4.79 Å². The van der Waals surface area contributed by atoms with Crippen LogP contribution in [0.2, 0.25) is 0 Å². The lowest BCUT2D eigenvalue weighted by Gasteiger charge is -2.28. The van der Waals surface area contributed by atoms with E-state index < -0.39 is 0 Å². The van der Waals surface area contributed by atoms with Crippen molar-refractivity contribution in [1.82, 2.24) is 4.90 Å². The first kappa shape index (κ1) is 13.5. The van der Waals surface area contributed by atoms with Gasteiger partial charge in [0, 0.05) is 13.1 Å². The quantitative estimate of drug-likeness (QED) is 0.797. The largest absolute Gasteiger partial charge is 0.341 e. The van der Waals surface area contributed by atoms with E-state index >= 15 is 0 Å². The molecule has 3 heteroatoms. The molecule has 0 unspecified atom stereocenters. The first-order valence-corrected chi connectivity index (χ1v) is 6.50. The van der Waals surface area contributed by atoms with Crippen molar-refractivity contribution in [2.75, 3.05) is 13.1 Å². The molecule has 2 N–H and O–H groups in total. The SMILES string of the molecule is CCC1(CC)CCN(C(=O)[C@@H](N)C(C)C)C1. The number of rotatable bonds is 4. The fourth-order valence-corrected chi connectivity index (χ4v) is 2.45. The third-order valence-corrected chi connectivity index (χ3v) is 4.25. The van der Waals surface area contributed by atoms with Crippen molar-refractivity contribution in [2.24, 2.45) is 17.1 Å². The Morgan fingerprint density at radius 1 is 1.38 bits per heavy atom. The number of nitrogens with zero attached hydrogens (tertiary/aromatic N) is 1. The molecular formula is C13H26N2O. The second-order valence-electron chi connectivity index (χ2n) is 5.49. The lowest BCUT2D eigenvalue weighted by molar-refractivity contribution is -0.132. The van der Waals surface area contributed by atoms with Crippen LogP contribution in [0, 0.1) is 11.3 Å². The van der Waals surface area contributed by atoms with Gasteiger partial charge in [0.25, 0.3) is 0 Å². The van der Waals surface area contributed by atoms with Crippen LogP contribution in [0.5, 0.6) is 0 Å². The predicted molar refractivity (Wildman–Crippen MR) is 67.0 cm³/mol. The number of hydrogen-bond donors (Lipinski definition) is 1. The third-order valence-electron chi connectivity index (χ3n) is 4.25. The summed E-state index contributed by atoms with van der Waals surface area (Å²) in [7, 11) is 0. The minimum atomic E-state index is -0.329. The van der Waals surface area contributed by atoms with Crippen molar-refractivity contribution in [2.45, 2.75) is 53.0 Å². The van der Waals surface area contributed by atoms with Crippen molar-refractivity contribution in [3.63, 3.8) is 0 Å². The first-order valence-electron chi connectivity index (χ1n) is 6.50. The average Bonchev–Trinajstić information content (AvgIpc) is 2.72. The van der Waals surface area contributed by atoms with Crippen LogP contribution in [0.25, 0.3) is 0 Å². The first-order chi connectivity index (χ1) is 7.45. The van der Waals surface area contributed by atoms with Gasteiger partial charge in [-0.05, 0) is 30.6 Å². The van der Waals surface area contributed by atoms with E-state index in [0.29, 0.717) is 5.41 Å². The van der Waals surface area contributed by atoms with Gasteiger partial charge in [-0.1, -0.05) is 27.7 Å². The third kappa shape index (κ3) is 2.57. The molecule has 1 fully saturated rings. The highest BCUT2D eigenvalue weighted by molar-refractivity contribution is 5.82. The number of likely N-dealkylation sites (tertiary alicyclic amines) is 1. The number of carbonyl (C=O) groups is 1. The Labute approximate surface area is 99.4 Å². The van der Waals surface area contributed by atoms with E-state index in [1.54, 1.807) is 0 Å². The van der Waals surface area contributed by atoms with Gasteiger partial charge < -0.3 is 10.6 Å². The van der Waals surface area contributed by atoms with Gasteiger partial charge in [-0.25, -0.2) is 0 Å². The fourth-order valence-electron chi connectivity index (χ4n) is 2.45. The molecule has 1 rings (SSSR count). The molecule has 0 bridgehead atoms. The molecule has 1 heterocycles. The van der Waals surface area contributed by atoms with E-state index in [0.717, 1.165) is 32.4 Å². The predicted octanol–water partition coefficient (Wildman–Crippen LogP) is 2.01. The maximum absolute atomic E-state index is 12.1. The molecule has 1 saturated heterocycles. The van der Waals surface area contributed by atoms with E-state index in [2.05, 4.69) is 13.8 Å². The van der Waals surface area contributed by atoms with Gasteiger partial charge in [-0.2, -0.15) is 0 Å². The maximum atomic E-state index is 12.1. The second-order valence-corrected chi connectivity index (χ2v) is 5.49. The molecule has 0 saturated carbocycles. The number of carbonyl (C=O) groups excluding carboxylic acids is 1. The van der Waals surface area contributed by atoms with Gasteiger partial charge in [0.15, 0.2) is 0 Å². The molecule has 0 spiro atoms. The molecule has 1 atom stereocenters. The Hall–Kier alpha value is -0.570. The highest BCUT2D eigenvalue weighted by Gasteiger charge is 2.38. The van der Waals surface area contributed by atoms with Crippen LogP contribution in [-0.4, -0.2) is 29.9 Å². The Morgan fingerprint density at radius 3 is 2.31 bits per heavy atom. The minimum absolute atomic E-state index is 0.138. The van der Waals surface area contributed by atoms with E-state index in [9.17, 15) is 4.79 Å². The number of hydrogen-bond acceptors (Lipinski definition) is 2. The van der Waals surface area contributed by atoms with Gasteiger partial charge in [0.2, 0.25) is 5.91 Å². The lowest BCUT2D eigenvalue weighted by Crippen LogP contribution is -2.46. The van der Waals surface area contributed by atoms with Gasteiger partial charge in [0.05, 0.1) is 6.04 Å². The average molecular weight is 226 g/mol. The standard InChI is InChI=1S/C13H26N2O/c1-5-13(6-2)7-8-15(9-13)12(16)11(14)10(3)4/h10-11H,5-9,14H2,1-4H3/t11-/m0/s1. The van der Waals surface area contributed by atoms with Gasteiger partial charge >= 0.3 is 0 Å². The zero-order chi connectivity index (χ0) is 12.3. The summed E-state index contributed by atoms with van der Waals surface area (Å²) in [6.45, 7) is 10.2. The van der Waals surface area contributed by atoms with Crippen LogP contribution in [-0.2, 0) is 4.79 Å². The molecule has 3 nitrogen and oxygen atoms in total. The zero-order valence-corrected chi connectivity index (χ0v) is 11.1. The summed E-state index contributed by atoms with van der Waals surface area (Å²) in [5.74, 6) is 0.365. The second kappa shape index (κ2) is 5.17. The Kier molecular flexibility index (Phi) is 4.36. The summed E-state index contributed by atoms with van der Waals surface area (Å²) in [4.78, 5) is 14.1. The van der Waals surface area contributed by atoms with Crippen LogP contribution >= 0.6 is 0 Å². The summed E-state index contributed by atoms with van der Waals surface area (Å²) >= 11 is 0. The van der Waals surface area contributed by atoms with Crippen LogP contribution in [0.1, 0.15) is 47.0 Å². The molecule has 1 amide bonds. The summed E-state index contributed by atoms with van der Waals surface area (Å²) < 4.78 is 0. The van der Waals surface area contributed by atoms with Gasteiger partial charge in [0.1, 0.15) is 0 Å². The van der Waals surface area contributed by atoms with Crippen LogP contribution in [0.3, 0.4) is 0 Å². The van der Waals surface area contributed by atoms with Crippen molar-refractivity contribution in [3.05, 3.63) is 0 Å². The Bertz CT molecular complexity index is 246. The van der Waals surface area contributed by atoms with Crippen molar-refractivity contribution < 1.29 is 4.79 Å². The van der Waals surface area contributed by atoms with E-state index in [1.807, 2.05) is 18.7 Å². The van der Waals surface area contributed by atoms with Crippen molar-refractivity contribution in [1.29, 1.82) is 0 Å². The van der Waals surface area contributed by atoms with Crippen LogP contribution in [0.15, 0.2) is 0 Å². The summed E-state index contributed by atoms with van der Waals surface area (Å²) in [5.41, 5.74) is 6.27. The monoisotopic (exact) mass is 226 g/mol. The van der Waals surface area contributed by atoms with Crippen molar-refractivity contribution in [3.8, 4) is 0 Å². The fraction of sp³-hybridized carbons (Fsp3) is 0.923. The molecule has 1 aliphatic rings. The highest BCUT2D eigenvalue weighted by Crippen LogP contribution is 2.37. The normalized spacial score (nSPS) is 21.5. The lowest BCUT2D eigenvalue weighted by atomic mass is 9.82. The smallest absolute Gasteiger partial charge is 0.239 e. The summed E-state index contributed by atoms with van der Waals surface area (Å²) in [5, 5.41) is 0. The van der Waals surface area contributed by atoms with Crippen molar-refractivity contribution >= 4 is 5.91 Å². The van der Waals surface area contributed by atoms with E-state index in [4.69, 9.17) is 5.73 Å². The zero-order valence-electron chi connectivity index (χ0n) is 11.1. The maximum Gasteiger partial charge on any atom is 0.239 e. The molecule has 1 aliphatic heterocycles. The topological polar surface area (TPSA) is 46.3 Å². The molecule has 94 valence electrons. The molecular weight excluding hydrogens is 200 g/mol. The summed E-state index contributed by atoms with van der Waals surface area (Å²) in [6.07, 6.45) is 3.45. The number of amides is 1. The minimum Gasteiger partial charge on any atom is -0.341 e. The number of nitrogens with two attached hydrogens (primary N) is 1. The highest BCUT2D eigenvalue weighted by atomic mass is 16.2. The Balaban J connectivity index is 2.62. The molecule has 16 heavy (non-hydrogen) atoms. The van der Waals surface area contributed by atoms with E-state index in [1.165, 1.54) is 0 Å². The molecule has 0 aromatic rings. The van der Waals surface area contributed by atoms with E-state index in [-0.39, 0.29) is 17.9 Å². The molecule has 0 radical (unpaired) electrons. The Morgan fingerprint density at radius 2 is 1.94 bits per heavy atom. The molecule has 0 aromatic heterocycles. The molecule has 0 aromatic carbocycles. The van der Waals surface area contributed by atoms with Gasteiger partial charge in [-0.15, -0.1) is 0 Å². The van der Waals surface area contributed by atoms with Crippen LogP contribution in [0.4, 0.5) is 0 Å². The molecule has 0 aliphatic carbocycles. The van der Waals surface area contributed by atoms with Crippen LogP contribution < -0.4 is 5.73 Å². The summed E-state index contributed by atoms with van der Waals surface area (Å²) in [6, 6.07) is -0.329.